The molecular weight excluding hydrogens is 306 g/mol. The Balaban J connectivity index is 1.42. The van der Waals surface area contributed by atoms with E-state index < -0.39 is 6.10 Å². The van der Waals surface area contributed by atoms with Crippen LogP contribution >= 0.6 is 0 Å². The molecule has 3 atom stereocenters. The summed E-state index contributed by atoms with van der Waals surface area (Å²) in [6, 6.07) is 8.30. The van der Waals surface area contributed by atoms with E-state index in [1.165, 1.54) is 19.3 Å². The average molecular weight is 335 g/mol. The van der Waals surface area contributed by atoms with Gasteiger partial charge in [0, 0.05) is 19.1 Å². The minimum Gasteiger partial charge on any atom is -0.497 e. The largest absolute Gasteiger partial charge is 0.497 e. The van der Waals surface area contributed by atoms with Crippen LogP contribution < -0.4 is 4.74 Å². The van der Waals surface area contributed by atoms with Crippen molar-refractivity contribution >= 4 is 0 Å². The van der Waals surface area contributed by atoms with Crippen LogP contribution in [-0.4, -0.2) is 61.7 Å². The quantitative estimate of drug-likeness (QED) is 0.828. The number of methoxy groups -OCH3 is 1. The van der Waals surface area contributed by atoms with Crippen LogP contribution in [0.2, 0.25) is 0 Å². The number of nitrogens with zero attached hydrogens (tertiary/aromatic N) is 1. The lowest BCUT2D eigenvalue weighted by atomic mass is 9.90. The molecule has 0 aromatic heterocycles. The molecule has 0 amide bonds. The summed E-state index contributed by atoms with van der Waals surface area (Å²) in [5.74, 6) is 0.827. The maximum atomic E-state index is 10.3. The minimum atomic E-state index is -0.462. The maximum Gasteiger partial charge on any atom is 0.119 e. The summed E-state index contributed by atoms with van der Waals surface area (Å²) in [7, 11) is 1.66. The van der Waals surface area contributed by atoms with Crippen molar-refractivity contribution in [3.63, 3.8) is 0 Å². The Bertz CT molecular complexity index is 508. The Morgan fingerprint density at radius 1 is 1.33 bits per heavy atom. The monoisotopic (exact) mass is 335 g/mol. The van der Waals surface area contributed by atoms with Crippen LogP contribution in [0.3, 0.4) is 0 Å². The van der Waals surface area contributed by atoms with Crippen LogP contribution in [0.25, 0.3) is 0 Å². The van der Waals surface area contributed by atoms with Gasteiger partial charge in [-0.25, -0.2) is 0 Å². The predicted octanol–water partition coefficient (Wildman–Crippen LogP) is 2.22. The summed E-state index contributed by atoms with van der Waals surface area (Å²) < 4.78 is 16.8. The highest BCUT2D eigenvalue weighted by molar-refractivity contribution is 5.27. The first-order valence-corrected chi connectivity index (χ1v) is 9.00. The number of morpholine rings is 1. The highest BCUT2D eigenvalue weighted by Gasteiger charge is 2.34. The summed E-state index contributed by atoms with van der Waals surface area (Å²) in [6.07, 6.45) is 4.77. The van der Waals surface area contributed by atoms with E-state index in [9.17, 15) is 5.11 Å². The van der Waals surface area contributed by atoms with Crippen LogP contribution in [0.1, 0.15) is 31.2 Å². The van der Waals surface area contributed by atoms with Gasteiger partial charge < -0.3 is 19.3 Å². The van der Waals surface area contributed by atoms with Crippen LogP contribution in [0.4, 0.5) is 0 Å². The zero-order valence-corrected chi connectivity index (χ0v) is 14.5. The van der Waals surface area contributed by atoms with Crippen molar-refractivity contribution in [1.29, 1.82) is 0 Å². The van der Waals surface area contributed by atoms with E-state index in [2.05, 4.69) is 4.90 Å². The molecule has 1 aromatic carbocycles. The molecule has 2 aliphatic rings. The fourth-order valence-corrected chi connectivity index (χ4v) is 3.80. The van der Waals surface area contributed by atoms with Gasteiger partial charge in [-0.3, -0.25) is 4.90 Å². The second-order valence-electron chi connectivity index (χ2n) is 6.78. The molecule has 1 aromatic rings. The second kappa shape index (κ2) is 8.81. The van der Waals surface area contributed by atoms with Gasteiger partial charge in [0.25, 0.3) is 0 Å². The van der Waals surface area contributed by atoms with Crippen molar-refractivity contribution in [3.05, 3.63) is 29.8 Å². The van der Waals surface area contributed by atoms with E-state index in [-0.39, 0.29) is 0 Å². The third-order valence-corrected chi connectivity index (χ3v) is 5.01. The Hall–Kier alpha value is -1.14. The smallest absolute Gasteiger partial charge is 0.119 e. The van der Waals surface area contributed by atoms with Crippen molar-refractivity contribution in [2.24, 2.45) is 0 Å². The summed E-state index contributed by atoms with van der Waals surface area (Å²) in [5, 5.41) is 10.3. The lowest BCUT2D eigenvalue weighted by molar-refractivity contribution is -0.103. The zero-order chi connectivity index (χ0) is 16.8. The predicted molar refractivity (Wildman–Crippen MR) is 92.2 cm³/mol. The summed E-state index contributed by atoms with van der Waals surface area (Å²) >= 11 is 0. The summed E-state index contributed by atoms with van der Waals surface area (Å²) in [4.78, 5) is 2.40. The summed E-state index contributed by atoms with van der Waals surface area (Å²) in [5.41, 5.74) is 1.06. The normalized spacial score (nSPS) is 25.9. The molecule has 1 heterocycles. The molecule has 2 fully saturated rings. The standard InChI is InChI=1S/C19H29NO4/c1-22-17-6-4-5-15(11-17)13-23-14-16(21)12-20-9-10-24-19-8-3-2-7-18(19)20/h4-6,11,16,18-19,21H,2-3,7-10,12-14H2,1H3/t16-,18-,19+/m1/s1. The maximum absolute atomic E-state index is 10.3. The third-order valence-electron chi connectivity index (χ3n) is 5.01. The molecule has 0 bridgehead atoms. The van der Waals surface area contributed by atoms with Gasteiger partial charge in [-0.15, -0.1) is 0 Å². The molecule has 3 rings (SSSR count). The number of β-amino-alcohol motifs (C(OH)–C–C–N with tert-alkyl or cyclic N) is 1. The third kappa shape index (κ3) is 4.70. The molecule has 1 N–H and O–H groups in total. The molecule has 5 nitrogen and oxygen atoms in total. The number of rotatable bonds is 7. The van der Waals surface area contributed by atoms with E-state index in [1.54, 1.807) is 7.11 Å². The minimum absolute atomic E-state index is 0.353. The van der Waals surface area contributed by atoms with Crippen LogP contribution in [0.5, 0.6) is 5.75 Å². The molecule has 0 radical (unpaired) electrons. The van der Waals surface area contributed by atoms with Gasteiger partial charge in [-0.2, -0.15) is 0 Å². The molecule has 134 valence electrons. The van der Waals surface area contributed by atoms with Crippen LogP contribution in [0.15, 0.2) is 24.3 Å². The topological polar surface area (TPSA) is 51.2 Å². The first-order valence-electron chi connectivity index (χ1n) is 9.00. The van der Waals surface area contributed by atoms with Gasteiger partial charge >= 0.3 is 0 Å². The first kappa shape index (κ1) is 17.7. The van der Waals surface area contributed by atoms with Crippen molar-refractivity contribution in [2.45, 2.75) is 50.5 Å². The van der Waals surface area contributed by atoms with Crippen LogP contribution in [0, 0.1) is 0 Å². The Kier molecular flexibility index (Phi) is 6.49. The lowest BCUT2D eigenvalue weighted by Gasteiger charge is -2.44. The SMILES string of the molecule is COc1cccc(COC[C@H](O)CN2CCO[C@H]3CCCC[C@H]32)c1. The van der Waals surface area contributed by atoms with Gasteiger partial charge in [0.2, 0.25) is 0 Å². The Morgan fingerprint density at radius 3 is 3.08 bits per heavy atom. The molecule has 24 heavy (non-hydrogen) atoms. The van der Waals surface area contributed by atoms with E-state index in [4.69, 9.17) is 14.2 Å². The number of ether oxygens (including phenoxy) is 3. The average Bonchev–Trinajstić information content (AvgIpc) is 2.62. The van der Waals surface area contributed by atoms with Crippen molar-refractivity contribution in [3.8, 4) is 5.75 Å². The Labute approximate surface area is 144 Å². The van der Waals surface area contributed by atoms with Gasteiger partial charge in [0.05, 0.1) is 39.1 Å². The highest BCUT2D eigenvalue weighted by atomic mass is 16.5. The van der Waals surface area contributed by atoms with E-state index >= 15 is 0 Å². The highest BCUT2D eigenvalue weighted by Crippen LogP contribution is 2.28. The number of aliphatic hydroxyl groups excluding tert-OH is 1. The van der Waals surface area contributed by atoms with Crippen LogP contribution in [-0.2, 0) is 16.1 Å². The van der Waals surface area contributed by atoms with Crippen molar-refractivity contribution in [2.75, 3.05) is 33.4 Å². The number of benzene rings is 1. The van der Waals surface area contributed by atoms with E-state index in [1.807, 2.05) is 24.3 Å². The molecular formula is C19H29NO4. The lowest BCUT2D eigenvalue weighted by Crippen LogP contribution is -2.54. The van der Waals surface area contributed by atoms with E-state index in [0.29, 0.717) is 31.9 Å². The summed E-state index contributed by atoms with van der Waals surface area (Å²) in [6.45, 7) is 3.20. The molecule has 1 aliphatic carbocycles. The number of aliphatic hydroxyl groups is 1. The fraction of sp³-hybridized carbons (Fsp3) is 0.684. The van der Waals surface area contributed by atoms with Gasteiger partial charge in [0.1, 0.15) is 5.75 Å². The molecule has 1 aliphatic heterocycles. The molecule has 5 heteroatoms. The molecule has 1 saturated carbocycles. The van der Waals surface area contributed by atoms with Gasteiger partial charge in [0.15, 0.2) is 0 Å². The number of hydrogen-bond acceptors (Lipinski definition) is 5. The zero-order valence-electron chi connectivity index (χ0n) is 14.5. The molecule has 1 saturated heterocycles. The first-order chi connectivity index (χ1) is 11.8. The fourth-order valence-electron chi connectivity index (χ4n) is 3.80. The van der Waals surface area contributed by atoms with Gasteiger partial charge in [-0.1, -0.05) is 25.0 Å². The molecule has 0 spiro atoms. The van der Waals surface area contributed by atoms with E-state index in [0.717, 1.165) is 30.9 Å². The number of hydrogen-bond donors (Lipinski definition) is 1. The Morgan fingerprint density at radius 2 is 2.21 bits per heavy atom. The molecule has 0 unspecified atom stereocenters. The van der Waals surface area contributed by atoms with Crippen molar-refractivity contribution in [1.82, 2.24) is 4.90 Å². The van der Waals surface area contributed by atoms with Crippen molar-refractivity contribution < 1.29 is 19.3 Å². The second-order valence-corrected chi connectivity index (χ2v) is 6.78. The van der Waals surface area contributed by atoms with Gasteiger partial charge in [-0.05, 0) is 30.5 Å². The number of fused-ring (bicyclic) bond motifs is 1.